The van der Waals surface area contributed by atoms with Gasteiger partial charge in [-0.15, -0.1) is 10.2 Å². The van der Waals surface area contributed by atoms with E-state index in [0.29, 0.717) is 28.8 Å². The summed E-state index contributed by atoms with van der Waals surface area (Å²) < 4.78 is 13.2. The van der Waals surface area contributed by atoms with Crippen molar-refractivity contribution in [1.29, 1.82) is 0 Å². The summed E-state index contributed by atoms with van der Waals surface area (Å²) in [5.74, 6) is -1.50. The number of benzene rings is 2. The largest absolute Gasteiger partial charge is 0.312 e. The molecule has 180 valence electrons. The first kappa shape index (κ1) is 23.1. The molecule has 0 radical (unpaired) electrons. The van der Waals surface area contributed by atoms with Crippen molar-refractivity contribution in [1.82, 2.24) is 10.2 Å². The van der Waals surface area contributed by atoms with E-state index in [1.807, 2.05) is 24.3 Å². The number of halogens is 1. The zero-order valence-electron chi connectivity index (χ0n) is 19.1. The Morgan fingerprint density at radius 3 is 2.29 bits per heavy atom. The number of amides is 3. The fourth-order valence-electron chi connectivity index (χ4n) is 4.45. The third kappa shape index (κ3) is 4.79. The Labute approximate surface area is 205 Å². The molecule has 8 nitrogen and oxygen atoms in total. The summed E-state index contributed by atoms with van der Waals surface area (Å²) >= 11 is 1.25. The Bertz CT molecular complexity index is 1260. The minimum Gasteiger partial charge on any atom is -0.312 e. The lowest BCUT2D eigenvalue weighted by Crippen LogP contribution is -2.28. The van der Waals surface area contributed by atoms with Crippen LogP contribution in [0.5, 0.6) is 0 Å². The van der Waals surface area contributed by atoms with Crippen molar-refractivity contribution in [3.63, 3.8) is 0 Å². The molecule has 0 bridgehead atoms. The number of aryl methyl sites for hydroxylation is 1. The highest BCUT2D eigenvalue weighted by Crippen LogP contribution is 2.35. The van der Waals surface area contributed by atoms with Crippen molar-refractivity contribution in [2.24, 2.45) is 5.92 Å². The number of carbonyl (C=O) groups is 3. The maximum Gasteiger partial charge on any atom is 0.231 e. The van der Waals surface area contributed by atoms with Gasteiger partial charge in [0.05, 0.1) is 5.92 Å². The van der Waals surface area contributed by atoms with Crippen LogP contribution in [-0.2, 0) is 20.8 Å². The van der Waals surface area contributed by atoms with E-state index in [9.17, 15) is 18.8 Å². The zero-order valence-corrected chi connectivity index (χ0v) is 19.9. The fraction of sp³-hybridized carbons (Fsp3) is 0.320. The summed E-state index contributed by atoms with van der Waals surface area (Å²) in [7, 11) is 0. The van der Waals surface area contributed by atoms with Gasteiger partial charge < -0.3 is 15.1 Å². The van der Waals surface area contributed by atoms with Crippen molar-refractivity contribution in [3.8, 4) is 0 Å². The Morgan fingerprint density at radius 2 is 1.60 bits per heavy atom. The van der Waals surface area contributed by atoms with E-state index in [0.717, 1.165) is 12.1 Å². The van der Waals surface area contributed by atoms with Crippen LogP contribution in [-0.4, -0.2) is 41.0 Å². The molecule has 0 spiro atoms. The van der Waals surface area contributed by atoms with Crippen LogP contribution in [0.25, 0.3) is 0 Å². The maximum absolute atomic E-state index is 13.2. The second-order valence-corrected chi connectivity index (χ2v) is 9.75. The summed E-state index contributed by atoms with van der Waals surface area (Å²) in [6, 6.07) is 13.6. The normalized spacial score (nSPS) is 20.1. The Kier molecular flexibility index (Phi) is 6.29. The smallest absolute Gasteiger partial charge is 0.231 e. The van der Waals surface area contributed by atoms with E-state index in [-0.39, 0.29) is 42.4 Å². The van der Waals surface area contributed by atoms with Gasteiger partial charge in [-0.3, -0.25) is 14.4 Å². The van der Waals surface area contributed by atoms with Crippen LogP contribution in [0, 0.1) is 11.7 Å². The summed E-state index contributed by atoms with van der Waals surface area (Å²) in [6.07, 6.45) is 1.34. The second kappa shape index (κ2) is 9.53. The average molecular weight is 494 g/mol. The van der Waals surface area contributed by atoms with Crippen LogP contribution in [0.2, 0.25) is 0 Å². The molecule has 1 aromatic heterocycles. The van der Waals surface area contributed by atoms with Crippen LogP contribution >= 0.6 is 11.3 Å². The van der Waals surface area contributed by atoms with Gasteiger partial charge in [-0.05, 0) is 48.4 Å². The number of aromatic nitrogens is 2. The monoisotopic (exact) mass is 493 g/mol. The highest BCUT2D eigenvalue weighted by Gasteiger charge is 2.37. The predicted octanol–water partition coefficient (Wildman–Crippen LogP) is 3.75. The van der Waals surface area contributed by atoms with Crippen molar-refractivity contribution in [2.45, 2.75) is 32.1 Å². The predicted molar refractivity (Wildman–Crippen MR) is 131 cm³/mol. The van der Waals surface area contributed by atoms with Gasteiger partial charge in [0.1, 0.15) is 10.8 Å². The number of hydrogen-bond donors (Lipinski definition) is 1. The lowest BCUT2D eigenvalue weighted by Gasteiger charge is -2.16. The van der Waals surface area contributed by atoms with Crippen LogP contribution in [0.4, 0.5) is 20.9 Å². The van der Waals surface area contributed by atoms with Crippen molar-refractivity contribution in [2.75, 3.05) is 28.2 Å². The van der Waals surface area contributed by atoms with Crippen LogP contribution < -0.4 is 15.1 Å². The summed E-state index contributed by atoms with van der Waals surface area (Å²) in [4.78, 5) is 41.1. The number of carbonyl (C=O) groups excluding carboxylic acids is 3. The van der Waals surface area contributed by atoms with Crippen LogP contribution in [0.15, 0.2) is 48.5 Å². The summed E-state index contributed by atoms with van der Waals surface area (Å²) in [5.41, 5.74) is 2.64. The third-order valence-electron chi connectivity index (χ3n) is 6.44. The molecule has 1 N–H and O–H groups in total. The van der Waals surface area contributed by atoms with E-state index >= 15 is 0 Å². The fourth-order valence-corrected chi connectivity index (χ4v) is 5.28. The van der Waals surface area contributed by atoms with Gasteiger partial charge >= 0.3 is 0 Å². The minimum atomic E-state index is -0.547. The minimum absolute atomic E-state index is 0.0328. The van der Waals surface area contributed by atoms with E-state index in [4.69, 9.17) is 0 Å². The number of rotatable bonds is 6. The third-order valence-corrected chi connectivity index (χ3v) is 7.44. The number of anilines is 3. The molecule has 3 aromatic rings. The van der Waals surface area contributed by atoms with Gasteiger partial charge in [0.2, 0.25) is 22.9 Å². The Morgan fingerprint density at radius 1 is 0.971 bits per heavy atom. The molecule has 2 saturated heterocycles. The van der Waals surface area contributed by atoms with Crippen molar-refractivity contribution in [3.05, 3.63) is 64.9 Å². The molecule has 3 amide bonds. The SMILES string of the molecule is CCc1ccc(N2CC(c3nnc(NC(=O)C4CC(=O)N(c5ccc(F)cc5)C4)s3)CC2=O)cc1. The molecule has 2 fully saturated rings. The molecule has 2 atom stereocenters. The van der Waals surface area contributed by atoms with Gasteiger partial charge in [-0.2, -0.15) is 0 Å². The summed E-state index contributed by atoms with van der Waals surface area (Å²) in [6.45, 7) is 2.81. The first-order chi connectivity index (χ1) is 16.9. The molecule has 10 heteroatoms. The zero-order chi connectivity index (χ0) is 24.5. The Balaban J connectivity index is 1.20. The number of hydrogen-bond acceptors (Lipinski definition) is 6. The van der Waals surface area contributed by atoms with Gasteiger partial charge in [0, 0.05) is 43.2 Å². The van der Waals surface area contributed by atoms with Gasteiger partial charge in [-0.1, -0.05) is 30.4 Å². The number of nitrogens with one attached hydrogen (secondary N) is 1. The molecule has 2 unspecified atom stereocenters. The Hall–Kier alpha value is -3.66. The average Bonchev–Trinajstić information content (AvgIpc) is 3.58. The van der Waals surface area contributed by atoms with Crippen LogP contribution in [0.3, 0.4) is 0 Å². The first-order valence-corrected chi connectivity index (χ1v) is 12.3. The van der Waals surface area contributed by atoms with Gasteiger partial charge in [-0.25, -0.2) is 4.39 Å². The second-order valence-electron chi connectivity index (χ2n) is 8.74. The quantitative estimate of drug-likeness (QED) is 0.564. The van der Waals surface area contributed by atoms with Gasteiger partial charge in [0.15, 0.2) is 0 Å². The van der Waals surface area contributed by atoms with Crippen LogP contribution in [0.1, 0.15) is 36.3 Å². The summed E-state index contributed by atoms with van der Waals surface area (Å²) in [5, 5.41) is 12.1. The number of nitrogens with zero attached hydrogens (tertiary/aromatic N) is 4. The van der Waals surface area contributed by atoms with E-state index < -0.39 is 5.92 Å². The van der Waals surface area contributed by atoms with Crippen molar-refractivity contribution >= 4 is 45.6 Å². The van der Waals surface area contributed by atoms with Gasteiger partial charge in [0.25, 0.3) is 0 Å². The molecule has 2 aliphatic rings. The first-order valence-electron chi connectivity index (χ1n) is 11.5. The molecule has 0 aliphatic carbocycles. The molecule has 0 saturated carbocycles. The lowest BCUT2D eigenvalue weighted by molar-refractivity contribution is -0.122. The van der Waals surface area contributed by atoms with E-state index in [1.54, 1.807) is 4.90 Å². The lowest BCUT2D eigenvalue weighted by atomic mass is 10.1. The molecular formula is C25H24FN5O3S. The molecule has 3 heterocycles. The van der Waals surface area contributed by atoms with E-state index in [1.165, 1.54) is 46.1 Å². The standard InChI is InChI=1S/C25H24FN5O3S/c1-2-15-3-7-19(8-4-15)31-14-17(12-22(31)33)24-28-29-25(35-24)27-23(34)16-11-21(32)30(13-16)20-9-5-18(26)6-10-20/h3-10,16-17H,2,11-14H2,1H3,(H,27,29,34). The highest BCUT2D eigenvalue weighted by atomic mass is 32.1. The molecule has 5 rings (SSSR count). The topological polar surface area (TPSA) is 95.5 Å². The van der Waals surface area contributed by atoms with E-state index in [2.05, 4.69) is 22.4 Å². The molecular weight excluding hydrogens is 469 g/mol. The molecule has 2 aromatic carbocycles. The highest BCUT2D eigenvalue weighted by molar-refractivity contribution is 7.15. The maximum atomic E-state index is 13.2. The molecule has 35 heavy (non-hydrogen) atoms. The van der Waals surface area contributed by atoms with Crippen molar-refractivity contribution < 1.29 is 18.8 Å². The molecule has 2 aliphatic heterocycles.